The number of rotatable bonds is 6. The van der Waals surface area contributed by atoms with Crippen LogP contribution in [0.2, 0.25) is 0 Å². The van der Waals surface area contributed by atoms with Crippen molar-refractivity contribution in [1.29, 1.82) is 0 Å². The van der Waals surface area contributed by atoms with Crippen LogP contribution in [0.25, 0.3) is 72.7 Å². The van der Waals surface area contributed by atoms with Crippen LogP contribution in [-0.4, -0.2) is 4.57 Å². The SMILES string of the molecule is Cc1ccc(-c2cc[n+]3c(c2)-c2cc(C(C)(C)C)cc4c2C32Oc3c(cc(C(C)C)cc3C(C)C)-c3n(-c5ccc(C(C)(C)C(C)(C)C)cc5-c5ccccc5)c5cccc-4c5[n+]32)cc1. The number of aryl methyl sites for hydroxylation is 1. The summed E-state index contributed by atoms with van der Waals surface area (Å²) < 4.78 is 15.8. The topological polar surface area (TPSA) is 21.9 Å². The van der Waals surface area contributed by atoms with Crippen LogP contribution in [0, 0.1) is 12.3 Å². The Morgan fingerprint density at radius 2 is 1.29 bits per heavy atom. The van der Waals surface area contributed by atoms with Crippen molar-refractivity contribution in [3.05, 3.63) is 167 Å². The van der Waals surface area contributed by atoms with Gasteiger partial charge in [0.25, 0.3) is 0 Å². The van der Waals surface area contributed by atoms with Crippen LogP contribution in [0.1, 0.15) is 128 Å². The molecule has 1 unspecified atom stereocenters. The second-order valence-corrected chi connectivity index (χ2v) is 22.4. The van der Waals surface area contributed by atoms with Crippen molar-refractivity contribution < 1.29 is 13.9 Å². The maximum atomic E-state index is 8.09. The van der Waals surface area contributed by atoms with Gasteiger partial charge in [-0.25, -0.2) is 0 Å². The third-order valence-corrected chi connectivity index (χ3v) is 15.6. The molecule has 0 aliphatic carbocycles. The van der Waals surface area contributed by atoms with Gasteiger partial charge in [0.1, 0.15) is 16.8 Å². The van der Waals surface area contributed by atoms with E-state index in [9.17, 15) is 0 Å². The molecule has 0 N–H and O–H groups in total. The first-order valence-corrected chi connectivity index (χ1v) is 23.8. The molecule has 0 radical (unpaired) electrons. The summed E-state index contributed by atoms with van der Waals surface area (Å²) in [5, 5.41) is 0. The molecule has 3 aliphatic rings. The van der Waals surface area contributed by atoms with Crippen molar-refractivity contribution in [3.8, 4) is 67.5 Å². The zero-order chi connectivity index (χ0) is 45.7. The molecule has 6 aromatic carbocycles. The number of hydrogen-bond acceptors (Lipinski definition) is 1. The predicted molar refractivity (Wildman–Crippen MR) is 268 cm³/mol. The third kappa shape index (κ3) is 5.81. The van der Waals surface area contributed by atoms with E-state index in [-0.39, 0.29) is 22.2 Å². The summed E-state index contributed by atoms with van der Waals surface area (Å²) in [6.07, 6.45) is 2.31. The second-order valence-electron chi connectivity index (χ2n) is 22.4. The Morgan fingerprint density at radius 1 is 0.585 bits per heavy atom. The highest BCUT2D eigenvalue weighted by atomic mass is 16.5. The summed E-state index contributed by atoms with van der Waals surface area (Å²) in [6.45, 7) is 30.3. The average molecular weight is 854 g/mol. The molecule has 8 aromatic rings. The molecule has 0 amide bonds. The molecule has 11 rings (SSSR count). The molecule has 1 spiro atoms. The number of benzene rings is 6. The first-order valence-electron chi connectivity index (χ1n) is 23.8. The molecule has 65 heavy (non-hydrogen) atoms. The number of imidazole rings is 1. The maximum absolute atomic E-state index is 8.09. The van der Waals surface area contributed by atoms with Gasteiger partial charge in [-0.05, 0) is 116 Å². The van der Waals surface area contributed by atoms with E-state index in [0.29, 0.717) is 5.92 Å². The van der Waals surface area contributed by atoms with Crippen molar-refractivity contribution in [1.82, 2.24) is 4.57 Å². The molecule has 4 nitrogen and oxygen atoms in total. The summed E-state index contributed by atoms with van der Waals surface area (Å²) in [6, 6.07) is 48.7. The molecule has 2 aromatic heterocycles. The maximum Gasteiger partial charge on any atom is 0.499 e. The third-order valence-electron chi connectivity index (χ3n) is 15.6. The Kier molecular flexibility index (Phi) is 8.85. The van der Waals surface area contributed by atoms with Gasteiger partial charge < -0.3 is 4.74 Å². The Bertz CT molecular complexity index is 3280. The van der Waals surface area contributed by atoms with Crippen molar-refractivity contribution in [2.24, 2.45) is 5.41 Å². The van der Waals surface area contributed by atoms with Gasteiger partial charge in [-0.2, -0.15) is 4.57 Å². The summed E-state index contributed by atoms with van der Waals surface area (Å²) in [5.41, 5.74) is 21.8. The summed E-state index contributed by atoms with van der Waals surface area (Å²) in [4.78, 5) is 0. The number of hydrogen-bond donors (Lipinski definition) is 0. The quantitative estimate of drug-likeness (QED) is 0.153. The van der Waals surface area contributed by atoms with Crippen LogP contribution in [0.5, 0.6) is 5.75 Å². The predicted octanol–water partition coefficient (Wildman–Crippen LogP) is 14.9. The molecule has 0 saturated carbocycles. The molecule has 0 saturated heterocycles. The lowest BCUT2D eigenvalue weighted by atomic mass is 9.65. The zero-order valence-corrected chi connectivity index (χ0v) is 40.6. The molecule has 4 heteroatoms. The number of fused-ring (bicyclic) bond motifs is 5. The smallest absolute Gasteiger partial charge is 0.392 e. The Morgan fingerprint density at radius 3 is 1.97 bits per heavy atom. The van der Waals surface area contributed by atoms with Crippen LogP contribution < -0.4 is 13.9 Å². The van der Waals surface area contributed by atoms with Gasteiger partial charge in [0, 0.05) is 28.8 Å². The highest BCUT2D eigenvalue weighted by Gasteiger charge is 2.69. The van der Waals surface area contributed by atoms with Gasteiger partial charge in [-0.15, -0.1) is 9.13 Å². The Hall–Kier alpha value is -6.26. The first-order chi connectivity index (χ1) is 30.8. The monoisotopic (exact) mass is 853 g/mol. The summed E-state index contributed by atoms with van der Waals surface area (Å²) in [7, 11) is 0. The van der Waals surface area contributed by atoms with Crippen molar-refractivity contribution in [2.45, 2.75) is 119 Å². The lowest BCUT2D eigenvalue weighted by molar-refractivity contribution is -0.997. The molecule has 1 atom stereocenters. The van der Waals surface area contributed by atoms with Crippen LogP contribution in [0.3, 0.4) is 0 Å². The highest BCUT2D eigenvalue weighted by molar-refractivity contribution is 5.98. The Balaban J connectivity index is 1.34. The number of ether oxygens (including phenoxy) is 1. The van der Waals surface area contributed by atoms with E-state index in [1.165, 1.54) is 77.8 Å². The molecular formula is C61H63N3O+2. The normalized spacial score (nSPS) is 15.9. The lowest BCUT2D eigenvalue weighted by Crippen LogP contribution is -2.78. The zero-order valence-electron chi connectivity index (χ0n) is 40.6. The number of nitrogens with zero attached hydrogens (tertiary/aromatic N) is 3. The molecule has 326 valence electrons. The van der Waals surface area contributed by atoms with Gasteiger partial charge in [-0.3, -0.25) is 0 Å². The van der Waals surface area contributed by atoms with E-state index >= 15 is 0 Å². The minimum absolute atomic E-state index is 0.0379. The minimum Gasteiger partial charge on any atom is -0.392 e. The minimum atomic E-state index is -1.05. The van der Waals surface area contributed by atoms with E-state index < -0.39 is 5.85 Å². The average Bonchev–Trinajstić information content (AvgIpc) is 3.76. The van der Waals surface area contributed by atoms with Gasteiger partial charge in [0.2, 0.25) is 5.69 Å². The fraction of sp³-hybridized carbons (Fsp3) is 0.311. The second kappa shape index (κ2) is 13.9. The molecule has 0 bridgehead atoms. The largest absolute Gasteiger partial charge is 0.499 e. The van der Waals surface area contributed by atoms with Gasteiger partial charge >= 0.3 is 11.7 Å². The molecule has 5 heterocycles. The fourth-order valence-electron chi connectivity index (χ4n) is 10.7. The first kappa shape index (κ1) is 41.4. The fourth-order valence-corrected chi connectivity index (χ4v) is 10.7. The lowest BCUT2D eigenvalue weighted by Gasteiger charge is -2.39. The van der Waals surface area contributed by atoms with Crippen molar-refractivity contribution in [3.63, 3.8) is 0 Å². The van der Waals surface area contributed by atoms with Crippen LogP contribution >= 0.6 is 0 Å². The van der Waals surface area contributed by atoms with Crippen molar-refractivity contribution in [2.75, 3.05) is 0 Å². The highest BCUT2D eigenvalue weighted by Crippen LogP contribution is 2.56. The van der Waals surface area contributed by atoms with Crippen LogP contribution in [0.15, 0.2) is 134 Å². The summed E-state index contributed by atoms with van der Waals surface area (Å²) >= 11 is 0. The van der Waals surface area contributed by atoms with Crippen LogP contribution in [0.4, 0.5) is 0 Å². The van der Waals surface area contributed by atoms with E-state index in [1.807, 2.05) is 0 Å². The van der Waals surface area contributed by atoms with Gasteiger partial charge in [-0.1, -0.05) is 161 Å². The number of pyridine rings is 1. The summed E-state index contributed by atoms with van der Waals surface area (Å²) in [5.74, 6) is 1.60. The molecule has 3 aliphatic heterocycles. The standard InChI is InChI=1S/C61H63N3O/c1-36(2)42-30-46(37(3)4)56-50(31-42)57-63(51-27-26-43(60(12,13)59(9,10)11)33-47(51)40-18-15-14-16-19-40)52-21-17-20-45-48-34-44(58(6,7)8)35-49-53-32-41(39-24-22-38(5)23-25-39)28-29-62(53)61(65-56,54(48)49)64(57)55(45)52/h14-37H,1-13H3/q+2. The number of para-hydroxylation sites is 1. The van der Waals surface area contributed by atoms with Crippen LogP contribution in [-0.2, 0) is 16.7 Å². The molecule has 0 fully saturated rings. The van der Waals surface area contributed by atoms with Gasteiger partial charge in [0.15, 0.2) is 23.0 Å². The van der Waals surface area contributed by atoms with E-state index in [2.05, 4.69) is 237 Å². The van der Waals surface area contributed by atoms with E-state index in [0.717, 1.165) is 34.0 Å². The molecular weight excluding hydrogens is 791 g/mol. The van der Waals surface area contributed by atoms with Gasteiger partial charge in [0.05, 0.1) is 5.56 Å². The Labute approximate surface area is 386 Å². The van der Waals surface area contributed by atoms with Crippen molar-refractivity contribution >= 4 is 11.0 Å². The van der Waals surface area contributed by atoms with E-state index in [4.69, 9.17) is 4.74 Å². The van der Waals surface area contributed by atoms with E-state index in [1.54, 1.807) is 0 Å². The number of aromatic nitrogens is 3.